The molecule has 0 atom stereocenters. The lowest BCUT2D eigenvalue weighted by molar-refractivity contribution is -0.0498. The van der Waals surface area contributed by atoms with Crippen molar-refractivity contribution in [1.29, 1.82) is 0 Å². The van der Waals surface area contributed by atoms with E-state index in [9.17, 15) is 8.78 Å². The fourth-order valence-electron chi connectivity index (χ4n) is 1.72. The van der Waals surface area contributed by atoms with Crippen LogP contribution < -0.4 is 10.1 Å². The Balaban J connectivity index is 2.18. The lowest BCUT2D eigenvalue weighted by atomic mass is 10.1. The van der Waals surface area contributed by atoms with Crippen LogP contribution in [0.15, 0.2) is 24.3 Å². The topological polar surface area (TPSA) is 21.3 Å². The minimum atomic E-state index is -2.76. The first-order valence-corrected chi connectivity index (χ1v) is 6.51. The highest BCUT2D eigenvalue weighted by Crippen LogP contribution is 2.17. The molecule has 1 aromatic carbocycles. The Morgan fingerprint density at radius 1 is 1.06 bits per heavy atom. The second-order valence-corrected chi connectivity index (χ2v) is 4.24. The molecule has 0 aliphatic rings. The van der Waals surface area contributed by atoms with Crippen LogP contribution in [-0.2, 0) is 0 Å². The van der Waals surface area contributed by atoms with E-state index in [1.807, 2.05) is 0 Å². The molecule has 0 aliphatic heterocycles. The SMILES string of the molecule is CCCCCCCNc1ccc(OC(F)F)cc1. The highest BCUT2D eigenvalue weighted by molar-refractivity contribution is 5.46. The van der Waals surface area contributed by atoms with Crippen molar-refractivity contribution in [3.05, 3.63) is 24.3 Å². The largest absolute Gasteiger partial charge is 0.435 e. The zero-order chi connectivity index (χ0) is 13.2. The van der Waals surface area contributed by atoms with E-state index in [1.54, 1.807) is 24.3 Å². The second-order valence-electron chi connectivity index (χ2n) is 4.24. The predicted octanol–water partition coefficient (Wildman–Crippen LogP) is 4.67. The highest BCUT2D eigenvalue weighted by Gasteiger charge is 2.03. The zero-order valence-corrected chi connectivity index (χ0v) is 10.8. The van der Waals surface area contributed by atoms with Gasteiger partial charge in [-0.05, 0) is 30.7 Å². The summed E-state index contributed by atoms with van der Waals surface area (Å²) < 4.78 is 28.1. The molecule has 0 aromatic heterocycles. The van der Waals surface area contributed by atoms with Crippen LogP contribution in [0.2, 0.25) is 0 Å². The molecule has 1 rings (SSSR count). The maximum atomic E-state index is 11.9. The number of hydrogen-bond donors (Lipinski definition) is 1. The number of nitrogens with one attached hydrogen (secondary N) is 1. The average molecular weight is 257 g/mol. The molecule has 0 saturated heterocycles. The predicted molar refractivity (Wildman–Crippen MR) is 70.3 cm³/mol. The first-order valence-electron chi connectivity index (χ1n) is 6.51. The van der Waals surface area contributed by atoms with E-state index in [0.717, 1.165) is 18.7 Å². The van der Waals surface area contributed by atoms with Gasteiger partial charge in [0.25, 0.3) is 0 Å². The first kappa shape index (κ1) is 14.7. The summed E-state index contributed by atoms with van der Waals surface area (Å²) in [5.41, 5.74) is 0.937. The summed E-state index contributed by atoms with van der Waals surface area (Å²) in [5.74, 6) is 0.193. The Hall–Kier alpha value is -1.32. The van der Waals surface area contributed by atoms with Gasteiger partial charge in [0.2, 0.25) is 0 Å². The van der Waals surface area contributed by atoms with E-state index in [0.29, 0.717) is 0 Å². The summed E-state index contributed by atoms with van der Waals surface area (Å²) in [7, 11) is 0. The molecular formula is C14H21F2NO. The fraction of sp³-hybridized carbons (Fsp3) is 0.571. The molecule has 0 unspecified atom stereocenters. The first-order chi connectivity index (χ1) is 8.72. The summed E-state index contributed by atoms with van der Waals surface area (Å²) in [4.78, 5) is 0. The number of ether oxygens (including phenoxy) is 1. The Morgan fingerprint density at radius 3 is 2.33 bits per heavy atom. The number of benzene rings is 1. The average Bonchev–Trinajstić information content (AvgIpc) is 2.35. The van der Waals surface area contributed by atoms with Crippen LogP contribution in [0.3, 0.4) is 0 Å². The van der Waals surface area contributed by atoms with Crippen LogP contribution in [0.25, 0.3) is 0 Å². The molecule has 0 aliphatic carbocycles. The van der Waals surface area contributed by atoms with Gasteiger partial charge in [0.15, 0.2) is 0 Å². The summed E-state index contributed by atoms with van der Waals surface area (Å²) in [5, 5.41) is 3.26. The zero-order valence-electron chi connectivity index (χ0n) is 10.8. The molecule has 102 valence electrons. The van der Waals surface area contributed by atoms with Crippen molar-refractivity contribution in [3.63, 3.8) is 0 Å². The molecule has 2 nitrogen and oxygen atoms in total. The summed E-state index contributed by atoms with van der Waals surface area (Å²) >= 11 is 0. The van der Waals surface area contributed by atoms with Gasteiger partial charge in [-0.1, -0.05) is 32.6 Å². The number of anilines is 1. The van der Waals surface area contributed by atoms with E-state index in [4.69, 9.17) is 0 Å². The van der Waals surface area contributed by atoms with Crippen molar-refractivity contribution in [3.8, 4) is 5.75 Å². The highest BCUT2D eigenvalue weighted by atomic mass is 19.3. The van der Waals surface area contributed by atoms with E-state index < -0.39 is 6.61 Å². The van der Waals surface area contributed by atoms with Crippen LogP contribution >= 0.6 is 0 Å². The van der Waals surface area contributed by atoms with Crippen molar-refractivity contribution < 1.29 is 13.5 Å². The quantitative estimate of drug-likeness (QED) is 0.649. The number of halogens is 2. The van der Waals surface area contributed by atoms with Crippen molar-refractivity contribution in [1.82, 2.24) is 0 Å². The Labute approximate surface area is 107 Å². The van der Waals surface area contributed by atoms with E-state index in [2.05, 4.69) is 17.0 Å². The van der Waals surface area contributed by atoms with Crippen LogP contribution in [0, 0.1) is 0 Å². The Bertz CT molecular complexity index is 314. The molecule has 0 radical (unpaired) electrons. The summed E-state index contributed by atoms with van der Waals surface area (Å²) in [6.07, 6.45) is 6.18. The standard InChI is InChI=1S/C14H21F2NO/c1-2-3-4-5-6-11-17-12-7-9-13(10-8-12)18-14(15)16/h7-10,14,17H,2-6,11H2,1H3. The number of rotatable bonds is 9. The maximum Gasteiger partial charge on any atom is 0.387 e. The molecule has 0 heterocycles. The van der Waals surface area contributed by atoms with E-state index in [-0.39, 0.29) is 5.75 Å². The van der Waals surface area contributed by atoms with Gasteiger partial charge in [0.05, 0.1) is 0 Å². The third-order valence-corrected chi connectivity index (χ3v) is 2.69. The minimum Gasteiger partial charge on any atom is -0.435 e. The van der Waals surface area contributed by atoms with Gasteiger partial charge < -0.3 is 10.1 Å². The minimum absolute atomic E-state index is 0.193. The molecule has 4 heteroatoms. The molecule has 1 N–H and O–H groups in total. The van der Waals surface area contributed by atoms with Gasteiger partial charge >= 0.3 is 6.61 Å². The van der Waals surface area contributed by atoms with Gasteiger partial charge in [-0.3, -0.25) is 0 Å². The normalized spacial score (nSPS) is 10.7. The molecule has 0 bridgehead atoms. The summed E-state index contributed by atoms with van der Waals surface area (Å²) in [6.45, 7) is 0.349. The monoisotopic (exact) mass is 257 g/mol. The van der Waals surface area contributed by atoms with E-state index >= 15 is 0 Å². The van der Waals surface area contributed by atoms with Crippen LogP contribution in [-0.4, -0.2) is 13.2 Å². The number of hydrogen-bond acceptors (Lipinski definition) is 2. The Kier molecular flexibility index (Phi) is 7.14. The third kappa shape index (κ3) is 6.42. The Morgan fingerprint density at radius 2 is 1.72 bits per heavy atom. The molecule has 0 amide bonds. The van der Waals surface area contributed by atoms with Crippen molar-refractivity contribution in [2.24, 2.45) is 0 Å². The van der Waals surface area contributed by atoms with Crippen molar-refractivity contribution in [2.75, 3.05) is 11.9 Å². The molecular weight excluding hydrogens is 236 g/mol. The molecule has 0 fully saturated rings. The molecule has 0 spiro atoms. The summed E-state index contributed by atoms with van der Waals surface area (Å²) in [6, 6.07) is 6.60. The molecule has 1 aromatic rings. The van der Waals surface area contributed by atoms with Crippen LogP contribution in [0.5, 0.6) is 5.75 Å². The third-order valence-electron chi connectivity index (χ3n) is 2.69. The number of unbranched alkanes of at least 4 members (excludes halogenated alkanes) is 4. The van der Waals surface area contributed by atoms with Crippen LogP contribution in [0.1, 0.15) is 39.0 Å². The molecule has 0 saturated carbocycles. The van der Waals surface area contributed by atoms with Crippen molar-refractivity contribution >= 4 is 5.69 Å². The number of alkyl halides is 2. The van der Waals surface area contributed by atoms with Gasteiger partial charge in [-0.25, -0.2) is 0 Å². The van der Waals surface area contributed by atoms with Crippen LogP contribution in [0.4, 0.5) is 14.5 Å². The lowest BCUT2D eigenvalue weighted by Crippen LogP contribution is -2.03. The maximum absolute atomic E-state index is 11.9. The van der Waals surface area contributed by atoms with Gasteiger partial charge in [0, 0.05) is 12.2 Å². The van der Waals surface area contributed by atoms with Gasteiger partial charge in [-0.15, -0.1) is 0 Å². The van der Waals surface area contributed by atoms with Gasteiger partial charge in [0.1, 0.15) is 5.75 Å². The molecule has 18 heavy (non-hydrogen) atoms. The van der Waals surface area contributed by atoms with E-state index in [1.165, 1.54) is 25.7 Å². The lowest BCUT2D eigenvalue weighted by Gasteiger charge is -2.08. The van der Waals surface area contributed by atoms with Gasteiger partial charge in [-0.2, -0.15) is 8.78 Å². The fourth-order valence-corrected chi connectivity index (χ4v) is 1.72. The smallest absolute Gasteiger partial charge is 0.387 e. The second kappa shape index (κ2) is 8.72. The van der Waals surface area contributed by atoms with Crippen molar-refractivity contribution in [2.45, 2.75) is 45.6 Å².